The predicted octanol–water partition coefficient (Wildman–Crippen LogP) is 5.55. The Balaban J connectivity index is 2.01. The van der Waals surface area contributed by atoms with E-state index in [0.29, 0.717) is 12.1 Å². The maximum absolute atomic E-state index is 13.6. The molecule has 0 saturated heterocycles. The number of amides is 1. The summed E-state index contributed by atoms with van der Waals surface area (Å²) in [5.41, 5.74) is -2.09. The average Bonchev–Trinajstić information content (AvgIpc) is 2.79. The third-order valence-electron chi connectivity index (χ3n) is 5.43. The Labute approximate surface area is 221 Å². The molecule has 2 atom stereocenters. The smallest absolute Gasteiger partial charge is 0.416 e. The van der Waals surface area contributed by atoms with Crippen LogP contribution < -0.4 is 19.7 Å². The van der Waals surface area contributed by atoms with Crippen LogP contribution in [0.25, 0.3) is 0 Å². The van der Waals surface area contributed by atoms with Crippen molar-refractivity contribution in [3.8, 4) is 5.75 Å². The molecule has 39 heavy (non-hydrogen) atoms. The van der Waals surface area contributed by atoms with Gasteiger partial charge in [-0.15, -0.1) is 0 Å². The lowest BCUT2D eigenvalue weighted by Gasteiger charge is -2.36. The molecule has 0 aromatic heterocycles. The Morgan fingerprint density at radius 3 is 2.36 bits per heavy atom. The van der Waals surface area contributed by atoms with E-state index in [2.05, 4.69) is 10.6 Å². The van der Waals surface area contributed by atoms with E-state index in [9.17, 15) is 39.6 Å². The highest BCUT2D eigenvalue weighted by atomic mass is 32.2. The first-order valence-corrected chi connectivity index (χ1v) is 13.0. The van der Waals surface area contributed by atoms with E-state index in [1.807, 2.05) is 0 Å². The maximum Gasteiger partial charge on any atom is 0.416 e. The van der Waals surface area contributed by atoms with Crippen molar-refractivity contribution in [3.63, 3.8) is 0 Å². The molecule has 15 heteroatoms. The van der Waals surface area contributed by atoms with Crippen LogP contribution in [0.2, 0.25) is 0 Å². The van der Waals surface area contributed by atoms with Crippen molar-refractivity contribution in [2.45, 2.75) is 62.7 Å². The predicted molar refractivity (Wildman–Crippen MR) is 130 cm³/mol. The SMILES string of the molecule is CC(NC[C@H]1CN(S(=O)(=O)c2cccc(C(F)(F)F)c2)c2cc(NC(=O)OC(C)(C)C)ccc2O1)C(F)(F)F. The number of carbonyl (C=O) groups excluding carboxylic acids is 1. The zero-order valence-electron chi connectivity index (χ0n) is 21.3. The van der Waals surface area contributed by atoms with Gasteiger partial charge in [-0.2, -0.15) is 26.3 Å². The third-order valence-corrected chi connectivity index (χ3v) is 7.20. The summed E-state index contributed by atoms with van der Waals surface area (Å²) < 4.78 is 118. The lowest BCUT2D eigenvalue weighted by molar-refractivity contribution is -0.152. The van der Waals surface area contributed by atoms with E-state index >= 15 is 0 Å². The Morgan fingerprint density at radius 2 is 1.77 bits per heavy atom. The average molecular weight is 584 g/mol. The molecule has 1 aliphatic heterocycles. The highest BCUT2D eigenvalue weighted by Crippen LogP contribution is 2.40. The number of hydrogen-bond acceptors (Lipinski definition) is 6. The summed E-state index contributed by atoms with van der Waals surface area (Å²) in [5, 5.41) is 4.66. The van der Waals surface area contributed by atoms with E-state index in [0.717, 1.165) is 23.4 Å². The highest BCUT2D eigenvalue weighted by molar-refractivity contribution is 7.92. The summed E-state index contributed by atoms with van der Waals surface area (Å²) in [6, 6.07) is 5.00. The van der Waals surface area contributed by atoms with Gasteiger partial charge in [0.25, 0.3) is 10.0 Å². The summed E-state index contributed by atoms with van der Waals surface area (Å²) in [7, 11) is -4.67. The van der Waals surface area contributed by atoms with Gasteiger partial charge in [0.1, 0.15) is 23.5 Å². The molecule has 1 unspecified atom stereocenters. The van der Waals surface area contributed by atoms with Gasteiger partial charge >= 0.3 is 18.4 Å². The van der Waals surface area contributed by atoms with E-state index in [1.165, 1.54) is 18.2 Å². The number of fused-ring (bicyclic) bond motifs is 1. The molecule has 0 aliphatic carbocycles. The molecular formula is C24H27F6N3O5S. The number of anilines is 2. The summed E-state index contributed by atoms with van der Waals surface area (Å²) in [4.78, 5) is 11.5. The van der Waals surface area contributed by atoms with Crippen molar-refractivity contribution in [3.05, 3.63) is 48.0 Å². The van der Waals surface area contributed by atoms with E-state index in [-0.39, 0.29) is 17.1 Å². The van der Waals surface area contributed by atoms with Gasteiger partial charge in [-0.25, -0.2) is 13.2 Å². The summed E-state index contributed by atoms with van der Waals surface area (Å²) in [6.07, 6.45) is -11.4. The minimum absolute atomic E-state index is 0.0713. The van der Waals surface area contributed by atoms with Crippen LogP contribution in [0.3, 0.4) is 0 Å². The lowest BCUT2D eigenvalue weighted by Crippen LogP contribution is -2.50. The molecule has 2 aromatic rings. The second kappa shape index (κ2) is 10.8. The van der Waals surface area contributed by atoms with Gasteiger partial charge in [-0.05, 0) is 64.1 Å². The van der Waals surface area contributed by atoms with Gasteiger partial charge in [-0.3, -0.25) is 9.62 Å². The van der Waals surface area contributed by atoms with Crippen LogP contribution in [0.15, 0.2) is 47.4 Å². The number of ether oxygens (including phenoxy) is 2. The number of nitrogens with zero attached hydrogens (tertiary/aromatic N) is 1. The second-order valence-corrected chi connectivity index (χ2v) is 11.6. The second-order valence-electron chi connectivity index (χ2n) is 9.78. The summed E-state index contributed by atoms with van der Waals surface area (Å²) in [6.45, 7) is 4.81. The summed E-state index contributed by atoms with van der Waals surface area (Å²) >= 11 is 0. The largest absolute Gasteiger partial charge is 0.485 e. The van der Waals surface area contributed by atoms with Gasteiger partial charge in [0.2, 0.25) is 0 Å². The number of benzene rings is 2. The number of hydrogen-bond donors (Lipinski definition) is 2. The molecule has 0 fully saturated rings. The van der Waals surface area contributed by atoms with Crippen LogP contribution in [0.5, 0.6) is 5.75 Å². The topological polar surface area (TPSA) is 97.0 Å². The molecule has 8 nitrogen and oxygen atoms in total. The normalized spacial score (nSPS) is 17.2. The molecule has 2 aromatic carbocycles. The van der Waals surface area contributed by atoms with Crippen LogP contribution in [-0.2, 0) is 20.9 Å². The molecule has 0 bridgehead atoms. The van der Waals surface area contributed by atoms with E-state index in [4.69, 9.17) is 9.47 Å². The van der Waals surface area contributed by atoms with Crippen molar-refractivity contribution in [1.29, 1.82) is 0 Å². The highest BCUT2D eigenvalue weighted by Gasteiger charge is 2.39. The number of rotatable bonds is 6. The standard InChI is InChI=1S/C24H27F6N3O5S/c1-14(23(25,26)27)31-12-17-13-33(39(35,36)18-7-5-6-15(10-18)24(28,29)30)19-11-16(8-9-20(19)37-17)32-21(34)38-22(2,3)4/h5-11,14,17,31H,12-13H2,1-4H3,(H,32,34)/t14?,17-/m0/s1. The fourth-order valence-electron chi connectivity index (χ4n) is 3.53. The fourth-order valence-corrected chi connectivity index (χ4v) is 5.07. The molecular weight excluding hydrogens is 556 g/mol. The number of alkyl halides is 6. The van der Waals surface area contributed by atoms with Crippen molar-refractivity contribution in [2.24, 2.45) is 0 Å². The number of nitrogens with one attached hydrogen (secondary N) is 2. The fraction of sp³-hybridized carbons (Fsp3) is 0.458. The minimum Gasteiger partial charge on any atom is -0.485 e. The van der Waals surface area contributed by atoms with Crippen molar-refractivity contribution < 1.29 is 49.0 Å². The van der Waals surface area contributed by atoms with Crippen molar-refractivity contribution in [2.75, 3.05) is 22.7 Å². The van der Waals surface area contributed by atoms with Crippen LogP contribution in [0.4, 0.5) is 42.5 Å². The number of halogens is 6. The monoisotopic (exact) mass is 583 g/mol. The van der Waals surface area contributed by atoms with Gasteiger partial charge < -0.3 is 14.8 Å². The zero-order chi connectivity index (χ0) is 29.4. The molecule has 0 saturated carbocycles. The van der Waals surface area contributed by atoms with Crippen LogP contribution >= 0.6 is 0 Å². The molecule has 1 aliphatic rings. The van der Waals surface area contributed by atoms with Crippen LogP contribution in [-0.4, -0.2) is 51.5 Å². The van der Waals surface area contributed by atoms with Crippen molar-refractivity contribution in [1.82, 2.24) is 5.32 Å². The van der Waals surface area contributed by atoms with Crippen LogP contribution in [0, 0.1) is 0 Å². The van der Waals surface area contributed by atoms with Gasteiger partial charge in [0.05, 0.1) is 22.7 Å². The third kappa shape index (κ3) is 7.68. The van der Waals surface area contributed by atoms with Crippen LogP contribution in [0.1, 0.15) is 33.3 Å². The number of carbonyl (C=O) groups is 1. The van der Waals surface area contributed by atoms with Gasteiger partial charge in [0, 0.05) is 12.2 Å². The first-order valence-electron chi connectivity index (χ1n) is 11.6. The van der Waals surface area contributed by atoms with Crippen molar-refractivity contribution >= 4 is 27.5 Å². The zero-order valence-corrected chi connectivity index (χ0v) is 22.1. The maximum atomic E-state index is 13.6. The summed E-state index contributed by atoms with van der Waals surface area (Å²) in [5.74, 6) is -0.0713. The Kier molecular flexibility index (Phi) is 8.37. The van der Waals surface area contributed by atoms with E-state index < -0.39 is 69.8 Å². The Hall–Kier alpha value is -3.20. The first-order chi connectivity index (χ1) is 17.8. The van der Waals surface area contributed by atoms with E-state index in [1.54, 1.807) is 20.8 Å². The molecule has 1 amide bonds. The first kappa shape index (κ1) is 30.3. The molecule has 216 valence electrons. The number of sulfonamides is 1. The lowest BCUT2D eigenvalue weighted by atomic mass is 10.2. The Bertz CT molecular complexity index is 1310. The Morgan fingerprint density at radius 1 is 1.10 bits per heavy atom. The minimum atomic E-state index is -4.82. The quantitative estimate of drug-likeness (QED) is 0.433. The molecule has 2 N–H and O–H groups in total. The molecule has 0 radical (unpaired) electrons. The molecule has 1 heterocycles. The molecule has 3 rings (SSSR count). The van der Waals surface area contributed by atoms with Gasteiger partial charge in [0.15, 0.2) is 0 Å². The van der Waals surface area contributed by atoms with Gasteiger partial charge in [-0.1, -0.05) is 6.07 Å². The molecule has 0 spiro atoms.